The van der Waals surface area contributed by atoms with Crippen molar-refractivity contribution in [2.24, 2.45) is 0 Å². The summed E-state index contributed by atoms with van der Waals surface area (Å²) in [5, 5.41) is 1.34. The van der Waals surface area contributed by atoms with E-state index in [-0.39, 0.29) is 5.75 Å². The molecule has 0 saturated heterocycles. The Balaban J connectivity index is 1.80. The minimum atomic E-state index is -0.773. The molecule has 0 aliphatic rings. The summed E-state index contributed by atoms with van der Waals surface area (Å²) in [6.07, 6.45) is 4.14. The third-order valence-electron chi connectivity index (χ3n) is 4.95. The number of benzene rings is 3. The highest BCUT2D eigenvalue weighted by Gasteiger charge is 2.16. The molecule has 5 heteroatoms. The normalized spacial score (nSPS) is 10.6. The molecule has 0 aliphatic carbocycles. The van der Waals surface area contributed by atoms with Crippen molar-refractivity contribution in [1.29, 1.82) is 0 Å². The topological polar surface area (TPSA) is 61.8 Å². The fraction of sp³-hybridized carbons (Fsp3) is 0.308. The fourth-order valence-corrected chi connectivity index (χ4v) is 3.21. The van der Waals surface area contributed by atoms with Gasteiger partial charge in [-0.1, -0.05) is 63.1 Å². The highest BCUT2D eigenvalue weighted by atomic mass is 16.7. The molecule has 0 fully saturated rings. The van der Waals surface area contributed by atoms with Gasteiger partial charge in [0.05, 0.1) is 17.6 Å². The summed E-state index contributed by atoms with van der Waals surface area (Å²) >= 11 is 0. The Morgan fingerprint density at radius 2 is 1.42 bits per heavy atom. The number of hydrogen-bond donors (Lipinski definition) is 0. The minimum absolute atomic E-state index is 0.289. The van der Waals surface area contributed by atoms with E-state index in [0.29, 0.717) is 23.3 Å². The number of aryl methyl sites for hydroxylation is 1. The summed E-state index contributed by atoms with van der Waals surface area (Å²) < 4.78 is 16.2. The van der Waals surface area contributed by atoms with Crippen LogP contribution < -0.4 is 9.47 Å². The van der Waals surface area contributed by atoms with Gasteiger partial charge in [-0.15, -0.1) is 0 Å². The zero-order chi connectivity index (χ0) is 22.1. The van der Waals surface area contributed by atoms with Gasteiger partial charge in [0.1, 0.15) is 11.5 Å². The lowest BCUT2D eigenvalue weighted by Gasteiger charge is -2.12. The van der Waals surface area contributed by atoms with Crippen LogP contribution in [-0.4, -0.2) is 18.7 Å². The van der Waals surface area contributed by atoms with Crippen molar-refractivity contribution in [3.05, 3.63) is 71.8 Å². The molecule has 0 bridgehead atoms. The molecule has 162 valence electrons. The molecule has 0 N–H and O–H groups in total. The SMILES string of the molecule is CCCCOC(=O)Oc1cccc2cccc(OC(=O)c3ccc(CCCC)cc3)c12. The second-order valence-electron chi connectivity index (χ2n) is 7.35. The molecule has 3 aromatic carbocycles. The number of carbonyl (C=O) groups excluding carboxylic acids is 2. The molecular formula is C26H28O5. The van der Waals surface area contributed by atoms with Crippen LogP contribution in [0.15, 0.2) is 60.7 Å². The van der Waals surface area contributed by atoms with Crippen molar-refractivity contribution in [3.63, 3.8) is 0 Å². The van der Waals surface area contributed by atoms with Crippen molar-refractivity contribution in [1.82, 2.24) is 0 Å². The van der Waals surface area contributed by atoms with E-state index < -0.39 is 12.1 Å². The van der Waals surface area contributed by atoms with Crippen LogP contribution in [0, 0.1) is 0 Å². The van der Waals surface area contributed by atoms with Gasteiger partial charge < -0.3 is 14.2 Å². The molecule has 3 rings (SSSR count). The summed E-state index contributed by atoms with van der Waals surface area (Å²) in [6.45, 7) is 4.47. The van der Waals surface area contributed by atoms with Crippen molar-refractivity contribution < 1.29 is 23.8 Å². The van der Waals surface area contributed by atoms with E-state index in [2.05, 4.69) is 6.92 Å². The second kappa shape index (κ2) is 11.2. The molecule has 3 aromatic rings. The van der Waals surface area contributed by atoms with Crippen LogP contribution in [0.5, 0.6) is 11.5 Å². The number of fused-ring (bicyclic) bond motifs is 1. The summed E-state index contributed by atoms with van der Waals surface area (Å²) in [5.74, 6) is 0.154. The van der Waals surface area contributed by atoms with Crippen molar-refractivity contribution in [2.75, 3.05) is 6.61 Å². The van der Waals surface area contributed by atoms with Gasteiger partial charge in [-0.3, -0.25) is 0 Å². The lowest BCUT2D eigenvalue weighted by atomic mass is 10.1. The Morgan fingerprint density at radius 1 is 0.774 bits per heavy atom. The maximum Gasteiger partial charge on any atom is 0.513 e. The van der Waals surface area contributed by atoms with Gasteiger partial charge in [0.25, 0.3) is 0 Å². The predicted octanol–water partition coefficient (Wildman–Crippen LogP) is 6.72. The highest BCUT2D eigenvalue weighted by Crippen LogP contribution is 2.34. The molecule has 0 amide bonds. The third-order valence-corrected chi connectivity index (χ3v) is 4.95. The first-order chi connectivity index (χ1) is 15.1. The lowest BCUT2D eigenvalue weighted by Crippen LogP contribution is -2.12. The van der Waals surface area contributed by atoms with E-state index in [4.69, 9.17) is 14.2 Å². The average molecular weight is 421 g/mol. The molecule has 31 heavy (non-hydrogen) atoms. The first-order valence-electron chi connectivity index (χ1n) is 10.8. The second-order valence-corrected chi connectivity index (χ2v) is 7.35. The largest absolute Gasteiger partial charge is 0.513 e. The van der Waals surface area contributed by atoms with Gasteiger partial charge in [0.15, 0.2) is 0 Å². The van der Waals surface area contributed by atoms with Gasteiger partial charge in [0.2, 0.25) is 0 Å². The maximum atomic E-state index is 12.7. The van der Waals surface area contributed by atoms with E-state index >= 15 is 0 Å². The summed E-state index contributed by atoms with van der Waals surface area (Å²) in [6, 6.07) is 18.1. The molecule has 5 nitrogen and oxygen atoms in total. The molecular weight excluding hydrogens is 392 g/mol. The van der Waals surface area contributed by atoms with E-state index in [1.807, 2.05) is 31.2 Å². The number of ether oxygens (including phenoxy) is 3. The van der Waals surface area contributed by atoms with Crippen LogP contribution in [0.25, 0.3) is 10.8 Å². The van der Waals surface area contributed by atoms with Gasteiger partial charge in [-0.05, 0) is 54.5 Å². The molecule has 0 heterocycles. The van der Waals surface area contributed by atoms with Crippen LogP contribution in [0.2, 0.25) is 0 Å². The number of carbonyl (C=O) groups is 2. The highest BCUT2D eigenvalue weighted by molar-refractivity contribution is 5.98. The number of unbranched alkanes of at least 4 members (excludes halogenated alkanes) is 2. The minimum Gasteiger partial charge on any atom is -0.434 e. The summed E-state index contributed by atoms with van der Waals surface area (Å²) in [7, 11) is 0. The zero-order valence-corrected chi connectivity index (χ0v) is 18.1. The van der Waals surface area contributed by atoms with E-state index in [9.17, 15) is 9.59 Å². The van der Waals surface area contributed by atoms with Crippen LogP contribution in [0.4, 0.5) is 4.79 Å². The molecule has 0 radical (unpaired) electrons. The number of rotatable bonds is 9. The van der Waals surface area contributed by atoms with Crippen LogP contribution in [-0.2, 0) is 11.2 Å². The van der Waals surface area contributed by atoms with Crippen molar-refractivity contribution in [2.45, 2.75) is 46.0 Å². The van der Waals surface area contributed by atoms with Crippen LogP contribution in [0.3, 0.4) is 0 Å². The number of esters is 1. The smallest absolute Gasteiger partial charge is 0.434 e. The Hall–Kier alpha value is -3.34. The Labute approximate surface area is 182 Å². The quantitative estimate of drug-likeness (QED) is 0.166. The first kappa shape index (κ1) is 22.3. The van der Waals surface area contributed by atoms with Crippen LogP contribution >= 0.6 is 0 Å². The van der Waals surface area contributed by atoms with Crippen molar-refractivity contribution in [3.8, 4) is 11.5 Å². The Morgan fingerprint density at radius 3 is 2.06 bits per heavy atom. The molecule has 0 unspecified atom stereocenters. The number of hydrogen-bond acceptors (Lipinski definition) is 5. The third kappa shape index (κ3) is 6.07. The Bertz CT molecular complexity index is 1020. The van der Waals surface area contributed by atoms with E-state index in [0.717, 1.165) is 37.5 Å². The molecule has 0 aromatic heterocycles. The van der Waals surface area contributed by atoms with E-state index in [1.165, 1.54) is 5.56 Å². The van der Waals surface area contributed by atoms with Gasteiger partial charge in [-0.25, -0.2) is 9.59 Å². The van der Waals surface area contributed by atoms with Gasteiger partial charge in [0, 0.05) is 0 Å². The first-order valence-corrected chi connectivity index (χ1v) is 10.8. The molecule has 0 aliphatic heterocycles. The molecule has 0 atom stereocenters. The molecule has 0 spiro atoms. The molecule has 0 saturated carbocycles. The van der Waals surface area contributed by atoms with Crippen molar-refractivity contribution >= 4 is 22.9 Å². The summed E-state index contributed by atoms with van der Waals surface area (Å²) in [4.78, 5) is 24.8. The lowest BCUT2D eigenvalue weighted by molar-refractivity contribution is 0.0737. The summed E-state index contributed by atoms with van der Waals surface area (Å²) in [5.41, 5.74) is 1.66. The van der Waals surface area contributed by atoms with Crippen LogP contribution in [0.1, 0.15) is 55.5 Å². The van der Waals surface area contributed by atoms with E-state index in [1.54, 1.807) is 36.4 Å². The van der Waals surface area contributed by atoms with Gasteiger partial charge in [-0.2, -0.15) is 0 Å². The predicted molar refractivity (Wildman–Crippen MR) is 121 cm³/mol. The van der Waals surface area contributed by atoms with Gasteiger partial charge >= 0.3 is 12.1 Å². The fourth-order valence-electron chi connectivity index (χ4n) is 3.21. The standard InChI is InChI=1S/C26H28O5/c1-3-5-9-19-14-16-21(17-15-19)25(27)30-22-12-7-10-20-11-8-13-23(24(20)22)31-26(28)29-18-6-4-2/h7-8,10-17H,3-6,9,18H2,1-2H3. The average Bonchev–Trinajstić information content (AvgIpc) is 2.78. The maximum absolute atomic E-state index is 12.7. The monoisotopic (exact) mass is 420 g/mol. The Kier molecular flexibility index (Phi) is 8.05. The zero-order valence-electron chi connectivity index (χ0n) is 18.1.